The summed E-state index contributed by atoms with van der Waals surface area (Å²) in [6.45, 7) is 6.64. The summed E-state index contributed by atoms with van der Waals surface area (Å²) < 4.78 is 106. The fourth-order valence-corrected chi connectivity index (χ4v) is 10.5. The molecule has 4 N–H and O–H groups in total. The summed E-state index contributed by atoms with van der Waals surface area (Å²) in [7, 11) is -12.5. The lowest BCUT2D eigenvalue weighted by Gasteiger charge is -2.31. The number of rotatable bonds is 20. The highest BCUT2D eigenvalue weighted by Crippen LogP contribution is 2.57. The van der Waals surface area contributed by atoms with Gasteiger partial charge in [0.05, 0.1) is 29.3 Å². The maximum atomic E-state index is 11.7. The van der Waals surface area contributed by atoms with Crippen molar-refractivity contribution in [3.05, 3.63) is 102 Å². The molecule has 0 amide bonds. The number of thiophene rings is 1. The average molecular weight is 878 g/mol. The molecule has 1 atom stereocenters. The molecule has 0 spiro atoms. The SMILES string of the molecule is CC1(C)C(/C=C/C=C/C=C/C=C2\N(CCCS(=O)(=O)O)c3sc4ccccc4c3C2(C)CCCS(=O)(=O)O)=[N+](CCC(=O)O)c2ccc(OCCCS(=O)(=O)O)cc21. The van der Waals surface area contributed by atoms with Crippen LogP contribution in [0.25, 0.3) is 10.1 Å². The van der Waals surface area contributed by atoms with Crippen LogP contribution in [-0.2, 0) is 46.0 Å². The van der Waals surface area contributed by atoms with Gasteiger partial charge in [0.25, 0.3) is 30.4 Å². The van der Waals surface area contributed by atoms with Gasteiger partial charge in [0.2, 0.25) is 5.69 Å². The Bertz CT molecular complexity index is 2530. The highest BCUT2D eigenvalue weighted by Gasteiger charge is 2.46. The lowest BCUT2D eigenvalue weighted by molar-refractivity contribution is -0.436. The molecule has 0 radical (unpaired) electrons. The van der Waals surface area contributed by atoms with Gasteiger partial charge in [0, 0.05) is 45.6 Å². The second-order valence-electron chi connectivity index (χ2n) is 14.9. The third-order valence-electron chi connectivity index (χ3n) is 10.3. The summed E-state index contributed by atoms with van der Waals surface area (Å²) in [5.41, 5.74) is 3.14. The Balaban J connectivity index is 1.41. The van der Waals surface area contributed by atoms with Gasteiger partial charge in [-0.25, -0.2) is 0 Å². The van der Waals surface area contributed by atoms with E-state index in [1.165, 1.54) is 0 Å². The monoisotopic (exact) mass is 877 g/mol. The Morgan fingerprint density at radius 3 is 2.17 bits per heavy atom. The maximum absolute atomic E-state index is 11.7. The smallest absolute Gasteiger partial charge is 0.309 e. The van der Waals surface area contributed by atoms with Gasteiger partial charge in [0.15, 0.2) is 12.3 Å². The molecule has 314 valence electrons. The quantitative estimate of drug-likeness (QED) is 0.0404. The molecule has 3 aromatic rings. The van der Waals surface area contributed by atoms with Crippen molar-refractivity contribution in [3.8, 4) is 5.75 Å². The molecule has 18 heteroatoms. The Labute approximate surface area is 343 Å². The fraction of sp³-hybridized carbons (Fsp3) is 0.400. The van der Waals surface area contributed by atoms with Crippen molar-refractivity contribution in [1.29, 1.82) is 0 Å². The van der Waals surface area contributed by atoms with Crippen LogP contribution >= 0.6 is 11.3 Å². The van der Waals surface area contributed by atoms with Crippen molar-refractivity contribution in [1.82, 2.24) is 0 Å². The summed E-state index contributed by atoms with van der Waals surface area (Å²) in [5, 5.41) is 11.4. The number of fused-ring (bicyclic) bond motifs is 4. The minimum atomic E-state index is -4.21. The van der Waals surface area contributed by atoms with E-state index < -0.39 is 64.4 Å². The van der Waals surface area contributed by atoms with Gasteiger partial charge in [0.1, 0.15) is 17.2 Å². The average Bonchev–Trinajstić information content (AvgIpc) is 3.67. The van der Waals surface area contributed by atoms with Crippen LogP contribution in [0.3, 0.4) is 0 Å². The van der Waals surface area contributed by atoms with Crippen LogP contribution in [0.4, 0.5) is 10.7 Å². The number of aliphatic carboxylic acids is 1. The zero-order valence-corrected chi connectivity index (χ0v) is 35.7. The molecule has 0 saturated carbocycles. The highest BCUT2D eigenvalue weighted by atomic mass is 32.2. The van der Waals surface area contributed by atoms with E-state index in [2.05, 4.69) is 0 Å². The van der Waals surface area contributed by atoms with Gasteiger partial charge in [-0.2, -0.15) is 29.8 Å². The highest BCUT2D eigenvalue weighted by molar-refractivity contribution is 7.86. The van der Waals surface area contributed by atoms with Crippen molar-refractivity contribution < 1.29 is 58.1 Å². The van der Waals surface area contributed by atoms with Gasteiger partial charge in [-0.15, -0.1) is 11.3 Å². The molecule has 14 nitrogen and oxygen atoms in total. The first-order chi connectivity index (χ1) is 27.1. The number of hydrogen-bond acceptors (Lipinski definition) is 10. The van der Waals surface area contributed by atoms with Crippen LogP contribution < -0.4 is 9.64 Å². The van der Waals surface area contributed by atoms with Gasteiger partial charge in [-0.3, -0.25) is 18.5 Å². The molecular weight excluding hydrogens is 829 g/mol. The van der Waals surface area contributed by atoms with Crippen LogP contribution in [0.1, 0.15) is 64.0 Å². The number of carboxylic acid groups (broad SMARTS) is 1. The van der Waals surface area contributed by atoms with Crippen molar-refractivity contribution in [2.24, 2.45) is 0 Å². The minimum absolute atomic E-state index is 0.0817. The topological polar surface area (TPSA) is 216 Å². The second kappa shape index (κ2) is 18.0. The Kier molecular flexibility index (Phi) is 13.9. The molecule has 0 saturated heterocycles. The van der Waals surface area contributed by atoms with Crippen molar-refractivity contribution in [3.63, 3.8) is 0 Å². The zero-order valence-electron chi connectivity index (χ0n) is 32.4. The van der Waals surface area contributed by atoms with E-state index in [4.69, 9.17) is 9.29 Å². The first kappa shape index (κ1) is 44.9. The Morgan fingerprint density at radius 1 is 0.845 bits per heavy atom. The predicted molar refractivity (Wildman–Crippen MR) is 227 cm³/mol. The summed E-state index contributed by atoms with van der Waals surface area (Å²) in [5.74, 6) is -1.68. The van der Waals surface area contributed by atoms with E-state index in [1.54, 1.807) is 17.4 Å². The maximum Gasteiger partial charge on any atom is 0.309 e. The molecule has 2 aliphatic heterocycles. The summed E-state index contributed by atoms with van der Waals surface area (Å²) in [6, 6.07) is 13.3. The van der Waals surface area contributed by atoms with Gasteiger partial charge >= 0.3 is 5.97 Å². The number of allylic oxidation sites excluding steroid dienone is 8. The van der Waals surface area contributed by atoms with Crippen molar-refractivity contribution >= 4 is 74.1 Å². The lowest BCUT2D eigenvalue weighted by atomic mass is 9.77. The largest absolute Gasteiger partial charge is 0.494 e. The lowest BCUT2D eigenvalue weighted by Crippen LogP contribution is -2.30. The van der Waals surface area contributed by atoms with Gasteiger partial charge in [-0.1, -0.05) is 48.6 Å². The number of carbonyl (C=O) groups is 1. The number of anilines is 1. The van der Waals surface area contributed by atoms with Crippen molar-refractivity contribution in [2.75, 3.05) is 41.9 Å². The first-order valence-electron chi connectivity index (χ1n) is 18.6. The van der Waals surface area contributed by atoms with Gasteiger partial charge in [-0.05, 0) is 76.1 Å². The van der Waals surface area contributed by atoms with Crippen LogP contribution in [0.2, 0.25) is 0 Å². The molecule has 1 unspecified atom stereocenters. The fourth-order valence-electron chi connectivity index (χ4n) is 7.66. The zero-order chi connectivity index (χ0) is 42.5. The van der Waals surface area contributed by atoms with E-state index in [0.717, 1.165) is 43.3 Å². The summed E-state index contributed by atoms with van der Waals surface area (Å²) in [6.07, 6.45) is 13.7. The Hall–Kier alpha value is -4.17. The number of hydrogen-bond donors (Lipinski definition) is 4. The molecular formula is C40H49N2O12S4+. The molecule has 2 aromatic carbocycles. The molecule has 0 bridgehead atoms. The van der Waals surface area contributed by atoms with Gasteiger partial charge < -0.3 is 14.7 Å². The van der Waals surface area contributed by atoms with Crippen LogP contribution in [-0.4, -0.2) is 97.2 Å². The number of nitrogens with zero attached hydrogens (tertiary/aromatic N) is 2. The van der Waals surface area contributed by atoms with Crippen LogP contribution in [0.5, 0.6) is 5.75 Å². The van der Waals surface area contributed by atoms with E-state index in [1.807, 2.05) is 109 Å². The summed E-state index contributed by atoms with van der Waals surface area (Å²) >= 11 is 1.55. The second-order valence-corrected chi connectivity index (χ2v) is 20.7. The normalized spacial score (nSPS) is 19.1. The number of carboxylic acids is 1. The van der Waals surface area contributed by atoms with E-state index >= 15 is 0 Å². The Morgan fingerprint density at radius 2 is 1.48 bits per heavy atom. The van der Waals surface area contributed by atoms with Crippen molar-refractivity contribution in [2.45, 2.75) is 63.7 Å². The molecule has 2 aliphatic rings. The first-order valence-corrected chi connectivity index (χ1v) is 24.3. The third kappa shape index (κ3) is 11.1. The standard InChI is InChI=1S/C40H48N2O12S4/c1-39(2)31-28-29(54-24-13-27-58(51,52)53)18-19-32(31)41(23-20-36(43)44)34(39)16-7-5-4-6-8-17-35-40(3,21-11-25-56(45,46)47)37-30-14-9-10-15-33(30)55-38(37)42(35)22-12-26-57(48,49)50/h4-10,14-19,28H,11-13,20-27H2,1-3H3,(H3-,43,44,45,46,47,48,49,50,51,52,53)/p+1. The van der Waals surface area contributed by atoms with E-state index in [0.29, 0.717) is 12.2 Å². The molecule has 1 aromatic heterocycles. The van der Waals surface area contributed by atoms with Crippen LogP contribution in [0.15, 0.2) is 90.7 Å². The van der Waals surface area contributed by atoms with Crippen LogP contribution in [0, 0.1) is 0 Å². The number of ether oxygens (including phenoxy) is 1. The van der Waals surface area contributed by atoms with E-state index in [-0.39, 0.29) is 45.4 Å². The molecule has 5 rings (SSSR count). The van der Waals surface area contributed by atoms with E-state index in [9.17, 15) is 44.3 Å². The molecule has 58 heavy (non-hydrogen) atoms. The summed E-state index contributed by atoms with van der Waals surface area (Å²) in [4.78, 5) is 13.6. The third-order valence-corrected chi connectivity index (χ3v) is 13.9. The number of benzene rings is 2. The molecule has 0 aliphatic carbocycles. The molecule has 0 fully saturated rings. The minimum Gasteiger partial charge on any atom is -0.494 e. The predicted octanol–water partition coefficient (Wildman–Crippen LogP) is 6.69. The molecule has 3 heterocycles.